The Balaban J connectivity index is 2.20. The Morgan fingerprint density at radius 2 is 2.10 bits per heavy atom. The van der Waals surface area contributed by atoms with E-state index in [1.54, 1.807) is 0 Å². The van der Waals surface area contributed by atoms with E-state index in [1.807, 2.05) is 13.8 Å². The number of hydrogen-bond acceptors (Lipinski definition) is 2. The van der Waals surface area contributed by atoms with Crippen molar-refractivity contribution in [3.8, 4) is 0 Å². The van der Waals surface area contributed by atoms with Crippen LogP contribution in [0, 0.1) is 11.3 Å². The Hall–Kier alpha value is -1.56. The molecule has 3 nitrogen and oxygen atoms in total. The molecule has 1 unspecified atom stereocenters. The first-order valence-electron chi connectivity index (χ1n) is 6.95. The fourth-order valence-electron chi connectivity index (χ4n) is 2.69. The molecular weight excluding hydrogens is 281 g/mol. The van der Waals surface area contributed by atoms with Gasteiger partial charge in [0.05, 0.1) is 11.0 Å². The maximum atomic E-state index is 12.7. The quantitative estimate of drug-likeness (QED) is 0.899. The molecule has 0 spiro atoms. The van der Waals surface area contributed by atoms with Crippen LogP contribution in [0.4, 0.5) is 18.9 Å². The Labute approximate surface area is 121 Å². The van der Waals surface area contributed by atoms with Crippen LogP contribution in [0.5, 0.6) is 0 Å². The monoisotopic (exact) mass is 300 g/mol. The highest BCUT2D eigenvalue weighted by atomic mass is 19.4. The molecule has 6 heteroatoms. The summed E-state index contributed by atoms with van der Waals surface area (Å²) in [5, 5.41) is 5.80. The second-order valence-corrected chi connectivity index (χ2v) is 5.77. The third kappa shape index (κ3) is 3.20. The van der Waals surface area contributed by atoms with Gasteiger partial charge in [-0.25, -0.2) is 0 Å². The van der Waals surface area contributed by atoms with E-state index < -0.39 is 17.2 Å². The zero-order chi connectivity index (χ0) is 15.7. The maximum absolute atomic E-state index is 12.7. The van der Waals surface area contributed by atoms with Crippen LogP contribution in [0.1, 0.15) is 25.8 Å². The van der Waals surface area contributed by atoms with Crippen LogP contribution in [-0.2, 0) is 11.0 Å². The molecule has 1 atom stereocenters. The highest BCUT2D eigenvalue weighted by Crippen LogP contribution is 2.36. The number of amides is 1. The molecule has 0 radical (unpaired) electrons. The smallest absolute Gasteiger partial charge is 0.326 e. The van der Waals surface area contributed by atoms with Gasteiger partial charge in [-0.15, -0.1) is 0 Å². The topological polar surface area (TPSA) is 41.1 Å². The molecule has 0 aromatic heterocycles. The summed E-state index contributed by atoms with van der Waals surface area (Å²) in [6.45, 7) is 5.21. The summed E-state index contributed by atoms with van der Waals surface area (Å²) in [6, 6.07) is 4.73. The number of benzene rings is 1. The molecule has 21 heavy (non-hydrogen) atoms. The van der Waals surface area contributed by atoms with E-state index in [0.717, 1.165) is 18.7 Å². The van der Waals surface area contributed by atoms with E-state index >= 15 is 0 Å². The summed E-state index contributed by atoms with van der Waals surface area (Å²) in [4.78, 5) is 12.5. The molecule has 0 saturated carbocycles. The number of rotatable bonds is 3. The van der Waals surface area contributed by atoms with Crippen molar-refractivity contribution in [1.82, 2.24) is 5.32 Å². The lowest BCUT2D eigenvalue weighted by Gasteiger charge is -2.31. The number of carbonyl (C=O) groups is 1. The molecule has 1 fully saturated rings. The molecule has 1 amide bonds. The molecule has 1 aliphatic rings. The minimum Gasteiger partial charge on any atom is -0.326 e. The highest BCUT2D eigenvalue weighted by Gasteiger charge is 2.44. The Morgan fingerprint density at radius 3 is 2.62 bits per heavy atom. The van der Waals surface area contributed by atoms with Gasteiger partial charge in [0.2, 0.25) is 5.91 Å². The first-order chi connectivity index (χ1) is 9.75. The van der Waals surface area contributed by atoms with Crippen molar-refractivity contribution in [3.05, 3.63) is 29.8 Å². The van der Waals surface area contributed by atoms with Gasteiger partial charge in [-0.3, -0.25) is 4.79 Å². The fourth-order valence-corrected chi connectivity index (χ4v) is 2.69. The molecule has 1 aromatic carbocycles. The van der Waals surface area contributed by atoms with Gasteiger partial charge in [-0.05, 0) is 37.1 Å². The number of nitrogens with one attached hydrogen (secondary N) is 2. The van der Waals surface area contributed by atoms with Gasteiger partial charge in [0.25, 0.3) is 0 Å². The van der Waals surface area contributed by atoms with E-state index in [-0.39, 0.29) is 17.5 Å². The van der Waals surface area contributed by atoms with Crippen molar-refractivity contribution in [2.45, 2.75) is 26.4 Å². The zero-order valence-electron chi connectivity index (χ0n) is 12.1. The maximum Gasteiger partial charge on any atom is 0.416 e. The van der Waals surface area contributed by atoms with E-state index in [9.17, 15) is 18.0 Å². The summed E-state index contributed by atoms with van der Waals surface area (Å²) in [7, 11) is 0. The molecule has 1 saturated heterocycles. The number of hydrogen-bond donors (Lipinski definition) is 2. The normalized spacial score (nSPS) is 22.6. The van der Waals surface area contributed by atoms with Gasteiger partial charge in [-0.1, -0.05) is 19.9 Å². The Bertz CT molecular complexity index is 520. The third-order valence-electron chi connectivity index (χ3n) is 4.19. The van der Waals surface area contributed by atoms with E-state index in [1.165, 1.54) is 12.1 Å². The minimum atomic E-state index is -4.41. The molecule has 2 N–H and O–H groups in total. The molecule has 2 rings (SSSR count). The molecule has 1 aliphatic heterocycles. The molecular formula is C15H19F3N2O. The van der Waals surface area contributed by atoms with Crippen LogP contribution >= 0.6 is 0 Å². The summed E-state index contributed by atoms with van der Waals surface area (Å²) in [6.07, 6.45) is -3.72. The van der Waals surface area contributed by atoms with Gasteiger partial charge in [-0.2, -0.15) is 13.2 Å². The standard InChI is InChI=1S/C15H19F3N2O/c1-10(2)14(6-7-19-9-14)13(21)20-12-5-3-4-11(8-12)15(16,17)18/h3-5,8,10,19H,6-7,9H2,1-2H3,(H,20,21). The number of halogens is 3. The SMILES string of the molecule is CC(C)C1(C(=O)Nc2cccc(C(F)(F)F)c2)CCNC1. The van der Waals surface area contributed by atoms with E-state index in [4.69, 9.17) is 0 Å². The van der Waals surface area contributed by atoms with Crippen molar-refractivity contribution in [2.75, 3.05) is 18.4 Å². The Kier molecular flexibility index (Phi) is 4.27. The lowest BCUT2D eigenvalue weighted by atomic mass is 9.75. The van der Waals surface area contributed by atoms with E-state index in [2.05, 4.69) is 10.6 Å². The summed E-state index contributed by atoms with van der Waals surface area (Å²) in [5.41, 5.74) is -1.14. The second-order valence-electron chi connectivity index (χ2n) is 5.77. The van der Waals surface area contributed by atoms with Crippen molar-refractivity contribution in [2.24, 2.45) is 11.3 Å². The summed E-state index contributed by atoms with van der Waals surface area (Å²) in [5.74, 6) is -0.111. The van der Waals surface area contributed by atoms with Crippen LogP contribution < -0.4 is 10.6 Å². The lowest BCUT2D eigenvalue weighted by Crippen LogP contribution is -2.42. The Morgan fingerprint density at radius 1 is 1.38 bits per heavy atom. The van der Waals surface area contributed by atoms with Crippen LogP contribution in [0.3, 0.4) is 0 Å². The summed E-state index contributed by atoms with van der Waals surface area (Å²) >= 11 is 0. The number of carbonyl (C=O) groups excluding carboxylic acids is 1. The van der Waals surface area contributed by atoms with Gasteiger partial charge in [0, 0.05) is 12.2 Å². The first kappa shape index (κ1) is 15.8. The number of anilines is 1. The molecule has 116 valence electrons. The summed E-state index contributed by atoms with van der Waals surface area (Å²) < 4.78 is 38.1. The van der Waals surface area contributed by atoms with Crippen molar-refractivity contribution in [3.63, 3.8) is 0 Å². The first-order valence-corrected chi connectivity index (χ1v) is 6.95. The predicted octanol–water partition coefficient (Wildman–Crippen LogP) is 3.28. The highest BCUT2D eigenvalue weighted by molar-refractivity contribution is 5.96. The van der Waals surface area contributed by atoms with Crippen LogP contribution in [0.25, 0.3) is 0 Å². The average Bonchev–Trinajstić information content (AvgIpc) is 2.88. The van der Waals surface area contributed by atoms with Crippen LogP contribution in [0.2, 0.25) is 0 Å². The lowest BCUT2D eigenvalue weighted by molar-refractivity contribution is -0.137. The molecule has 0 bridgehead atoms. The zero-order valence-corrected chi connectivity index (χ0v) is 12.1. The van der Waals surface area contributed by atoms with Crippen molar-refractivity contribution >= 4 is 11.6 Å². The average molecular weight is 300 g/mol. The van der Waals surface area contributed by atoms with Gasteiger partial charge < -0.3 is 10.6 Å². The largest absolute Gasteiger partial charge is 0.416 e. The molecule has 1 aromatic rings. The van der Waals surface area contributed by atoms with Gasteiger partial charge in [0.1, 0.15) is 0 Å². The van der Waals surface area contributed by atoms with Crippen molar-refractivity contribution in [1.29, 1.82) is 0 Å². The van der Waals surface area contributed by atoms with E-state index in [0.29, 0.717) is 13.0 Å². The molecule has 0 aliphatic carbocycles. The number of alkyl halides is 3. The van der Waals surface area contributed by atoms with Gasteiger partial charge >= 0.3 is 6.18 Å². The van der Waals surface area contributed by atoms with Crippen LogP contribution in [0.15, 0.2) is 24.3 Å². The molecule has 1 heterocycles. The fraction of sp³-hybridized carbons (Fsp3) is 0.533. The van der Waals surface area contributed by atoms with Crippen LogP contribution in [-0.4, -0.2) is 19.0 Å². The third-order valence-corrected chi connectivity index (χ3v) is 4.19. The predicted molar refractivity (Wildman–Crippen MR) is 74.8 cm³/mol. The van der Waals surface area contributed by atoms with Gasteiger partial charge in [0.15, 0.2) is 0 Å². The second kappa shape index (κ2) is 5.67. The van der Waals surface area contributed by atoms with Crippen molar-refractivity contribution < 1.29 is 18.0 Å². The minimum absolute atomic E-state index is 0.110.